The van der Waals surface area contributed by atoms with Gasteiger partial charge in [-0.05, 0) is 37.0 Å². The standard InChI is InChI=1S/C16H21BrN2O2/c1-2-15(20)19-9-4-3-8-14(19)16(21)18-11-12-6-5-7-13(17)10-12/h5-7,10,14H,2-4,8-9,11H2,1H3,(H,18,21)/t14-/m1/s1. The highest BCUT2D eigenvalue weighted by atomic mass is 79.9. The highest BCUT2D eigenvalue weighted by Crippen LogP contribution is 2.18. The maximum absolute atomic E-state index is 12.4. The van der Waals surface area contributed by atoms with Crippen LogP contribution < -0.4 is 5.32 Å². The molecule has 1 aromatic carbocycles. The number of carbonyl (C=O) groups is 2. The largest absolute Gasteiger partial charge is 0.350 e. The molecule has 0 unspecified atom stereocenters. The third-order valence-electron chi connectivity index (χ3n) is 3.78. The molecule has 21 heavy (non-hydrogen) atoms. The molecule has 0 radical (unpaired) electrons. The molecule has 2 amide bonds. The minimum atomic E-state index is -0.307. The Kier molecular flexibility index (Phi) is 5.79. The van der Waals surface area contributed by atoms with Gasteiger partial charge >= 0.3 is 0 Å². The van der Waals surface area contributed by atoms with Crippen molar-refractivity contribution in [2.75, 3.05) is 6.54 Å². The van der Waals surface area contributed by atoms with Gasteiger partial charge in [0, 0.05) is 24.0 Å². The summed E-state index contributed by atoms with van der Waals surface area (Å²) in [6.45, 7) is 3.03. The van der Waals surface area contributed by atoms with Crippen LogP contribution in [0.25, 0.3) is 0 Å². The van der Waals surface area contributed by atoms with Gasteiger partial charge in [0.2, 0.25) is 11.8 Å². The first-order valence-electron chi connectivity index (χ1n) is 7.43. The number of piperidine rings is 1. The topological polar surface area (TPSA) is 49.4 Å². The molecule has 1 aromatic rings. The van der Waals surface area contributed by atoms with E-state index in [9.17, 15) is 9.59 Å². The number of hydrogen-bond acceptors (Lipinski definition) is 2. The number of likely N-dealkylation sites (tertiary alicyclic amines) is 1. The fourth-order valence-corrected chi connectivity index (χ4v) is 3.11. The van der Waals surface area contributed by atoms with Crippen molar-refractivity contribution >= 4 is 27.7 Å². The second kappa shape index (κ2) is 7.59. The van der Waals surface area contributed by atoms with Crippen LogP contribution in [0.3, 0.4) is 0 Å². The number of nitrogens with zero attached hydrogens (tertiary/aromatic N) is 1. The normalized spacial score (nSPS) is 18.4. The molecule has 1 aliphatic heterocycles. The summed E-state index contributed by atoms with van der Waals surface area (Å²) in [7, 11) is 0. The summed E-state index contributed by atoms with van der Waals surface area (Å²) in [4.78, 5) is 26.0. The second-order valence-corrected chi connectivity index (χ2v) is 6.22. The molecule has 114 valence electrons. The summed E-state index contributed by atoms with van der Waals surface area (Å²) in [6, 6.07) is 7.54. The van der Waals surface area contributed by atoms with Crippen molar-refractivity contribution in [3.63, 3.8) is 0 Å². The Hall–Kier alpha value is -1.36. The van der Waals surface area contributed by atoms with Crippen molar-refractivity contribution in [2.24, 2.45) is 0 Å². The minimum Gasteiger partial charge on any atom is -0.350 e. The number of rotatable bonds is 4. The van der Waals surface area contributed by atoms with Crippen molar-refractivity contribution in [3.05, 3.63) is 34.3 Å². The van der Waals surface area contributed by atoms with Gasteiger partial charge < -0.3 is 10.2 Å². The summed E-state index contributed by atoms with van der Waals surface area (Å²) in [5, 5.41) is 2.95. The molecular formula is C16H21BrN2O2. The number of amides is 2. The quantitative estimate of drug-likeness (QED) is 0.905. The third kappa shape index (κ3) is 4.30. The Morgan fingerprint density at radius 1 is 1.38 bits per heavy atom. The Morgan fingerprint density at radius 3 is 2.90 bits per heavy atom. The van der Waals surface area contributed by atoms with Crippen molar-refractivity contribution < 1.29 is 9.59 Å². The van der Waals surface area contributed by atoms with Crippen LogP contribution in [0.5, 0.6) is 0 Å². The zero-order valence-corrected chi connectivity index (χ0v) is 13.9. The Bertz CT molecular complexity index is 519. The number of nitrogens with one attached hydrogen (secondary N) is 1. The highest BCUT2D eigenvalue weighted by Gasteiger charge is 2.30. The van der Waals surface area contributed by atoms with Crippen molar-refractivity contribution in [1.29, 1.82) is 0 Å². The number of hydrogen-bond donors (Lipinski definition) is 1. The van der Waals surface area contributed by atoms with E-state index in [0.29, 0.717) is 19.5 Å². The SMILES string of the molecule is CCC(=O)N1CCCC[C@@H]1C(=O)NCc1cccc(Br)c1. The molecule has 1 atom stereocenters. The number of halogens is 1. The molecule has 1 aliphatic rings. The molecule has 0 bridgehead atoms. The van der Waals surface area contributed by atoms with E-state index in [1.807, 2.05) is 31.2 Å². The monoisotopic (exact) mass is 352 g/mol. The van der Waals surface area contributed by atoms with Gasteiger partial charge in [0.1, 0.15) is 6.04 Å². The fourth-order valence-electron chi connectivity index (χ4n) is 2.66. The second-order valence-electron chi connectivity index (χ2n) is 5.30. The molecule has 4 nitrogen and oxygen atoms in total. The lowest BCUT2D eigenvalue weighted by molar-refractivity contribution is -0.142. The lowest BCUT2D eigenvalue weighted by Gasteiger charge is -2.34. The summed E-state index contributed by atoms with van der Waals surface area (Å²) >= 11 is 3.42. The van der Waals surface area contributed by atoms with Gasteiger partial charge in [-0.2, -0.15) is 0 Å². The molecule has 1 N–H and O–H groups in total. The van der Waals surface area contributed by atoms with Crippen LogP contribution in [-0.2, 0) is 16.1 Å². The molecule has 2 rings (SSSR count). The zero-order valence-electron chi connectivity index (χ0n) is 12.3. The van der Waals surface area contributed by atoms with Gasteiger partial charge in [-0.25, -0.2) is 0 Å². The Labute approximate surface area is 134 Å². The summed E-state index contributed by atoms with van der Waals surface area (Å²) in [6.07, 6.45) is 3.20. The van der Waals surface area contributed by atoms with Crippen LogP contribution >= 0.6 is 15.9 Å². The molecular weight excluding hydrogens is 332 g/mol. The van der Waals surface area contributed by atoms with Gasteiger partial charge in [-0.3, -0.25) is 9.59 Å². The van der Waals surface area contributed by atoms with Gasteiger partial charge in [0.05, 0.1) is 0 Å². The van der Waals surface area contributed by atoms with Gasteiger partial charge in [-0.1, -0.05) is 35.0 Å². The summed E-state index contributed by atoms with van der Waals surface area (Å²) in [5.41, 5.74) is 1.04. The van der Waals surface area contributed by atoms with Crippen LogP contribution in [0.1, 0.15) is 38.2 Å². The lowest BCUT2D eigenvalue weighted by atomic mass is 10.0. The van der Waals surface area contributed by atoms with Crippen LogP contribution in [0.15, 0.2) is 28.7 Å². The third-order valence-corrected chi connectivity index (χ3v) is 4.28. The molecule has 1 heterocycles. The molecule has 0 spiro atoms. The summed E-state index contributed by atoms with van der Waals surface area (Å²) < 4.78 is 0.995. The highest BCUT2D eigenvalue weighted by molar-refractivity contribution is 9.10. The minimum absolute atomic E-state index is 0.0449. The predicted molar refractivity (Wildman–Crippen MR) is 85.6 cm³/mol. The molecule has 0 saturated carbocycles. The van der Waals surface area contributed by atoms with Crippen molar-refractivity contribution in [1.82, 2.24) is 10.2 Å². The predicted octanol–water partition coefficient (Wildman–Crippen LogP) is 2.86. The summed E-state index contributed by atoms with van der Waals surface area (Å²) in [5.74, 6) is 0.0220. The average molecular weight is 353 g/mol. The first kappa shape index (κ1) is 16.0. The molecule has 0 aliphatic carbocycles. The van der Waals surface area contributed by atoms with Crippen LogP contribution in [0.4, 0.5) is 0 Å². The molecule has 1 fully saturated rings. The van der Waals surface area contributed by atoms with Crippen molar-refractivity contribution in [3.8, 4) is 0 Å². The molecule has 1 saturated heterocycles. The Balaban J connectivity index is 1.96. The van der Waals surface area contributed by atoms with E-state index in [4.69, 9.17) is 0 Å². The number of carbonyl (C=O) groups excluding carboxylic acids is 2. The van der Waals surface area contributed by atoms with E-state index in [1.165, 1.54) is 0 Å². The van der Waals surface area contributed by atoms with E-state index >= 15 is 0 Å². The van der Waals surface area contributed by atoms with Gasteiger partial charge in [-0.15, -0.1) is 0 Å². The maximum atomic E-state index is 12.4. The van der Waals surface area contributed by atoms with Crippen LogP contribution in [-0.4, -0.2) is 29.3 Å². The van der Waals surface area contributed by atoms with Gasteiger partial charge in [0.15, 0.2) is 0 Å². The van der Waals surface area contributed by atoms with Gasteiger partial charge in [0.25, 0.3) is 0 Å². The van der Waals surface area contributed by atoms with Crippen molar-refractivity contribution in [2.45, 2.75) is 45.2 Å². The van der Waals surface area contributed by atoms with E-state index in [0.717, 1.165) is 29.3 Å². The molecule has 0 aromatic heterocycles. The smallest absolute Gasteiger partial charge is 0.243 e. The maximum Gasteiger partial charge on any atom is 0.243 e. The molecule has 5 heteroatoms. The van der Waals surface area contributed by atoms with Crippen LogP contribution in [0.2, 0.25) is 0 Å². The lowest BCUT2D eigenvalue weighted by Crippen LogP contribution is -2.51. The average Bonchev–Trinajstić information content (AvgIpc) is 2.52. The first-order chi connectivity index (χ1) is 10.1. The Morgan fingerprint density at radius 2 is 2.19 bits per heavy atom. The van der Waals surface area contributed by atoms with E-state index in [1.54, 1.807) is 4.90 Å². The van der Waals surface area contributed by atoms with Crippen LogP contribution in [0, 0.1) is 0 Å². The van der Waals surface area contributed by atoms with E-state index < -0.39 is 0 Å². The fraction of sp³-hybridized carbons (Fsp3) is 0.500. The first-order valence-corrected chi connectivity index (χ1v) is 8.22. The van der Waals surface area contributed by atoms with E-state index in [-0.39, 0.29) is 17.9 Å². The zero-order chi connectivity index (χ0) is 15.2. The number of benzene rings is 1. The van der Waals surface area contributed by atoms with E-state index in [2.05, 4.69) is 21.2 Å².